The van der Waals surface area contributed by atoms with E-state index in [1.165, 1.54) is 25.7 Å². The third-order valence-corrected chi connectivity index (χ3v) is 1.64. The minimum atomic E-state index is 0. The van der Waals surface area contributed by atoms with Crippen LogP contribution >= 0.6 is 0 Å². The molecule has 0 aromatic heterocycles. The maximum atomic E-state index is 2.34. The SMILES string of the molecule is CC1CCCC1.[B]. The van der Waals surface area contributed by atoms with Gasteiger partial charge in [0.25, 0.3) is 0 Å². The van der Waals surface area contributed by atoms with E-state index in [1.54, 1.807) is 0 Å². The Balaban J connectivity index is 0.000000360. The summed E-state index contributed by atoms with van der Waals surface area (Å²) in [6.45, 7) is 2.34. The molecule has 0 heterocycles. The van der Waals surface area contributed by atoms with Gasteiger partial charge in [-0.25, -0.2) is 0 Å². The van der Waals surface area contributed by atoms with Crippen molar-refractivity contribution in [2.45, 2.75) is 32.6 Å². The molecule has 0 aromatic carbocycles. The maximum absolute atomic E-state index is 2.34. The Morgan fingerprint density at radius 1 is 1.14 bits per heavy atom. The van der Waals surface area contributed by atoms with E-state index in [9.17, 15) is 0 Å². The first-order valence-corrected chi connectivity index (χ1v) is 2.89. The van der Waals surface area contributed by atoms with Gasteiger partial charge in [0, 0.05) is 8.41 Å². The molecule has 39 valence electrons. The molecule has 1 aliphatic rings. The van der Waals surface area contributed by atoms with Crippen LogP contribution in [0.3, 0.4) is 0 Å². The molecule has 1 aliphatic carbocycles. The van der Waals surface area contributed by atoms with Crippen molar-refractivity contribution >= 4 is 8.41 Å². The molecule has 1 heteroatoms. The first kappa shape index (κ1) is 7.06. The summed E-state index contributed by atoms with van der Waals surface area (Å²) >= 11 is 0. The largest absolute Gasteiger partial charge is 0.0625 e. The highest BCUT2D eigenvalue weighted by atomic mass is 14.1. The van der Waals surface area contributed by atoms with Crippen LogP contribution in [0.5, 0.6) is 0 Å². The van der Waals surface area contributed by atoms with Crippen molar-refractivity contribution in [2.24, 2.45) is 5.92 Å². The van der Waals surface area contributed by atoms with Crippen molar-refractivity contribution in [3.8, 4) is 0 Å². The van der Waals surface area contributed by atoms with E-state index in [-0.39, 0.29) is 8.41 Å². The van der Waals surface area contributed by atoms with E-state index >= 15 is 0 Å². The van der Waals surface area contributed by atoms with E-state index in [4.69, 9.17) is 0 Å². The quantitative estimate of drug-likeness (QED) is 0.402. The zero-order valence-electron chi connectivity index (χ0n) is 4.98. The van der Waals surface area contributed by atoms with Crippen molar-refractivity contribution in [1.29, 1.82) is 0 Å². The summed E-state index contributed by atoms with van der Waals surface area (Å²) in [4.78, 5) is 0. The van der Waals surface area contributed by atoms with Crippen molar-refractivity contribution in [3.63, 3.8) is 0 Å². The maximum Gasteiger partial charge on any atom is 0 e. The van der Waals surface area contributed by atoms with Crippen LogP contribution in [-0.2, 0) is 0 Å². The molecule has 0 aromatic rings. The highest BCUT2D eigenvalue weighted by molar-refractivity contribution is 5.75. The third-order valence-electron chi connectivity index (χ3n) is 1.64. The summed E-state index contributed by atoms with van der Waals surface area (Å²) < 4.78 is 0. The van der Waals surface area contributed by atoms with Gasteiger partial charge < -0.3 is 0 Å². The predicted octanol–water partition coefficient (Wildman–Crippen LogP) is 1.82. The van der Waals surface area contributed by atoms with Crippen LogP contribution in [0.1, 0.15) is 32.6 Å². The van der Waals surface area contributed by atoms with E-state index in [1.807, 2.05) is 0 Å². The zero-order valence-corrected chi connectivity index (χ0v) is 4.98. The molecular weight excluding hydrogens is 82.9 g/mol. The molecule has 7 heavy (non-hydrogen) atoms. The Labute approximate surface area is 47.9 Å². The summed E-state index contributed by atoms with van der Waals surface area (Å²) in [6, 6.07) is 0. The van der Waals surface area contributed by atoms with Gasteiger partial charge >= 0.3 is 0 Å². The first-order valence-electron chi connectivity index (χ1n) is 2.89. The molecule has 1 fully saturated rings. The molecule has 0 spiro atoms. The summed E-state index contributed by atoms with van der Waals surface area (Å²) in [5.41, 5.74) is 0. The van der Waals surface area contributed by atoms with Crippen molar-refractivity contribution in [2.75, 3.05) is 0 Å². The smallest absolute Gasteiger partial charge is 0 e. The van der Waals surface area contributed by atoms with E-state index in [0.29, 0.717) is 0 Å². The predicted molar refractivity (Wildman–Crippen MR) is 33.4 cm³/mol. The molecule has 1 rings (SSSR count). The molecule has 0 unspecified atom stereocenters. The molecule has 0 atom stereocenters. The second-order valence-corrected chi connectivity index (χ2v) is 2.39. The van der Waals surface area contributed by atoms with E-state index in [0.717, 1.165) is 5.92 Å². The summed E-state index contributed by atoms with van der Waals surface area (Å²) in [7, 11) is 0. The van der Waals surface area contributed by atoms with Gasteiger partial charge in [0.2, 0.25) is 0 Å². The average Bonchev–Trinajstić information content (AvgIpc) is 1.86. The fourth-order valence-corrected chi connectivity index (χ4v) is 1.13. The van der Waals surface area contributed by atoms with Crippen LogP contribution in [0.4, 0.5) is 0 Å². The van der Waals surface area contributed by atoms with Gasteiger partial charge in [0.05, 0.1) is 0 Å². The van der Waals surface area contributed by atoms with Crippen LogP contribution in [0.25, 0.3) is 0 Å². The molecule has 0 aliphatic heterocycles. The van der Waals surface area contributed by atoms with Crippen LogP contribution in [0.15, 0.2) is 0 Å². The fraction of sp³-hybridized carbons (Fsp3) is 1.00. The number of hydrogen-bond acceptors (Lipinski definition) is 0. The van der Waals surface area contributed by atoms with Gasteiger partial charge in [-0.05, 0) is 5.92 Å². The minimum absolute atomic E-state index is 0. The summed E-state index contributed by atoms with van der Waals surface area (Å²) in [5, 5.41) is 0. The fourth-order valence-electron chi connectivity index (χ4n) is 1.13. The lowest BCUT2D eigenvalue weighted by molar-refractivity contribution is 0.612. The second kappa shape index (κ2) is 3.12. The topological polar surface area (TPSA) is 0 Å². The monoisotopic (exact) mass is 95.1 g/mol. The Morgan fingerprint density at radius 3 is 1.71 bits per heavy atom. The van der Waals surface area contributed by atoms with Crippen molar-refractivity contribution < 1.29 is 0 Å². The molecule has 0 saturated heterocycles. The van der Waals surface area contributed by atoms with Crippen LogP contribution in [0.2, 0.25) is 0 Å². The lowest BCUT2D eigenvalue weighted by Crippen LogP contribution is -1.78. The van der Waals surface area contributed by atoms with Gasteiger partial charge in [0.1, 0.15) is 0 Å². The lowest BCUT2D eigenvalue weighted by atomic mass is 10.2. The lowest BCUT2D eigenvalue weighted by Gasteiger charge is -1.91. The van der Waals surface area contributed by atoms with E-state index < -0.39 is 0 Å². The molecule has 1 saturated carbocycles. The Morgan fingerprint density at radius 2 is 1.57 bits per heavy atom. The van der Waals surface area contributed by atoms with Gasteiger partial charge in [0.15, 0.2) is 0 Å². The standard InChI is InChI=1S/C6H12.B/c1-6-4-2-3-5-6;/h6H,2-5H2,1H3;. The second-order valence-electron chi connectivity index (χ2n) is 2.39. The normalized spacial score (nSPS) is 21.9. The van der Waals surface area contributed by atoms with E-state index in [2.05, 4.69) is 6.92 Å². The van der Waals surface area contributed by atoms with Gasteiger partial charge in [-0.15, -0.1) is 0 Å². The van der Waals surface area contributed by atoms with Crippen LogP contribution in [0, 0.1) is 5.92 Å². The zero-order chi connectivity index (χ0) is 4.41. The highest BCUT2D eigenvalue weighted by Crippen LogP contribution is 2.22. The molecule has 0 bridgehead atoms. The van der Waals surface area contributed by atoms with Crippen LogP contribution in [-0.4, -0.2) is 8.41 Å². The molecule has 0 nitrogen and oxygen atoms in total. The minimum Gasteiger partial charge on any atom is -0.0625 e. The number of hydrogen-bond donors (Lipinski definition) is 0. The molecule has 0 amide bonds. The summed E-state index contributed by atoms with van der Waals surface area (Å²) in [5.74, 6) is 1.05. The van der Waals surface area contributed by atoms with Gasteiger partial charge in [-0.2, -0.15) is 0 Å². The highest BCUT2D eigenvalue weighted by Gasteiger charge is 2.07. The Kier molecular flexibility index (Phi) is 3.15. The molecular formula is C6H12B. The average molecular weight is 95.0 g/mol. The molecule has 0 N–H and O–H groups in total. The van der Waals surface area contributed by atoms with Crippen molar-refractivity contribution in [1.82, 2.24) is 0 Å². The van der Waals surface area contributed by atoms with Gasteiger partial charge in [-0.1, -0.05) is 32.6 Å². The number of rotatable bonds is 0. The summed E-state index contributed by atoms with van der Waals surface area (Å²) in [6.07, 6.45) is 5.95. The first-order chi connectivity index (χ1) is 2.89. The third kappa shape index (κ3) is 2.01. The Hall–Kier alpha value is 0.0649. The van der Waals surface area contributed by atoms with Crippen molar-refractivity contribution in [3.05, 3.63) is 0 Å². The Bertz CT molecular complexity index is 37.4. The van der Waals surface area contributed by atoms with Gasteiger partial charge in [-0.3, -0.25) is 0 Å². The van der Waals surface area contributed by atoms with Crippen LogP contribution < -0.4 is 0 Å². The molecule has 3 radical (unpaired) electrons.